The second kappa shape index (κ2) is 6.80. The molecule has 0 saturated heterocycles. The Balaban J connectivity index is 3.06. The zero-order valence-electron chi connectivity index (χ0n) is 11.6. The molecule has 0 aliphatic rings. The Morgan fingerprint density at radius 3 is 2.60 bits per heavy atom. The number of nitro groups is 1. The van der Waals surface area contributed by atoms with Crippen molar-refractivity contribution in [2.75, 3.05) is 37.8 Å². The van der Waals surface area contributed by atoms with E-state index in [0.717, 1.165) is 12.1 Å². The zero-order valence-corrected chi connectivity index (χ0v) is 11.6. The van der Waals surface area contributed by atoms with E-state index in [1.807, 2.05) is 19.0 Å². The van der Waals surface area contributed by atoms with Gasteiger partial charge in [-0.2, -0.15) is 0 Å². The van der Waals surface area contributed by atoms with Crippen LogP contribution in [0.2, 0.25) is 0 Å². The molecule has 0 fully saturated rings. The van der Waals surface area contributed by atoms with Crippen LogP contribution in [0.25, 0.3) is 0 Å². The summed E-state index contributed by atoms with van der Waals surface area (Å²) in [6, 6.07) is 1.95. The molecule has 1 amide bonds. The zero-order chi connectivity index (χ0) is 15.3. The molecular formula is C12H17FN4O3. The Labute approximate surface area is 115 Å². The minimum atomic E-state index is -0.776. The molecule has 0 heterocycles. The normalized spacial score (nSPS) is 10.4. The maximum Gasteiger partial charge on any atom is 0.274 e. The van der Waals surface area contributed by atoms with Crippen molar-refractivity contribution in [2.24, 2.45) is 0 Å². The third-order valence-corrected chi connectivity index (χ3v) is 2.46. The van der Waals surface area contributed by atoms with Crippen molar-refractivity contribution in [3.05, 3.63) is 28.1 Å². The Morgan fingerprint density at radius 2 is 2.10 bits per heavy atom. The Kier molecular flexibility index (Phi) is 5.39. The van der Waals surface area contributed by atoms with Crippen molar-refractivity contribution in [1.82, 2.24) is 4.90 Å². The number of hydrogen-bond acceptors (Lipinski definition) is 5. The Bertz CT molecular complexity index is 520. The van der Waals surface area contributed by atoms with Gasteiger partial charge >= 0.3 is 0 Å². The molecule has 1 aromatic rings. The van der Waals surface area contributed by atoms with E-state index in [2.05, 4.69) is 10.6 Å². The van der Waals surface area contributed by atoms with E-state index in [4.69, 9.17) is 0 Å². The summed E-state index contributed by atoms with van der Waals surface area (Å²) < 4.78 is 13.9. The number of halogens is 1. The molecule has 2 N–H and O–H groups in total. The summed E-state index contributed by atoms with van der Waals surface area (Å²) in [5.74, 6) is -1.21. The van der Waals surface area contributed by atoms with E-state index in [1.165, 1.54) is 6.92 Å². The van der Waals surface area contributed by atoms with Crippen LogP contribution < -0.4 is 10.6 Å². The molecule has 0 saturated carbocycles. The average molecular weight is 284 g/mol. The quantitative estimate of drug-likeness (QED) is 0.613. The first-order valence-corrected chi connectivity index (χ1v) is 5.95. The summed E-state index contributed by atoms with van der Waals surface area (Å²) in [5, 5.41) is 15.9. The van der Waals surface area contributed by atoms with Crippen LogP contribution in [-0.4, -0.2) is 42.9 Å². The number of likely N-dealkylation sites (N-methyl/N-ethyl adjacent to an activating group) is 1. The van der Waals surface area contributed by atoms with Gasteiger partial charge in [0.25, 0.3) is 5.69 Å². The van der Waals surface area contributed by atoms with Gasteiger partial charge < -0.3 is 15.5 Å². The van der Waals surface area contributed by atoms with Crippen LogP contribution in [0.5, 0.6) is 0 Å². The van der Waals surface area contributed by atoms with Gasteiger partial charge in [0.1, 0.15) is 0 Å². The number of rotatable bonds is 6. The lowest BCUT2D eigenvalue weighted by Gasteiger charge is -2.15. The average Bonchev–Trinajstić information content (AvgIpc) is 2.30. The fraction of sp³-hybridized carbons (Fsp3) is 0.417. The van der Waals surface area contributed by atoms with Gasteiger partial charge in [-0.1, -0.05) is 0 Å². The van der Waals surface area contributed by atoms with E-state index in [-0.39, 0.29) is 11.4 Å². The highest BCUT2D eigenvalue weighted by atomic mass is 19.1. The van der Waals surface area contributed by atoms with Gasteiger partial charge in [-0.3, -0.25) is 14.9 Å². The maximum absolute atomic E-state index is 13.9. The summed E-state index contributed by atoms with van der Waals surface area (Å²) in [6.07, 6.45) is 0. The van der Waals surface area contributed by atoms with Crippen LogP contribution in [0.15, 0.2) is 12.1 Å². The first-order chi connectivity index (χ1) is 9.31. The number of amides is 1. The molecular weight excluding hydrogens is 267 g/mol. The van der Waals surface area contributed by atoms with Crippen molar-refractivity contribution in [3.63, 3.8) is 0 Å². The van der Waals surface area contributed by atoms with E-state index in [0.29, 0.717) is 13.1 Å². The number of nitrogens with zero attached hydrogens (tertiary/aromatic N) is 2. The molecule has 1 aromatic carbocycles. The number of carbonyl (C=O) groups is 1. The second-order valence-corrected chi connectivity index (χ2v) is 4.52. The van der Waals surface area contributed by atoms with Crippen LogP contribution in [-0.2, 0) is 4.79 Å². The summed E-state index contributed by atoms with van der Waals surface area (Å²) in [4.78, 5) is 23.0. The van der Waals surface area contributed by atoms with Gasteiger partial charge in [-0.25, -0.2) is 4.39 Å². The predicted octanol–water partition coefficient (Wildman–Crippen LogP) is 1.67. The number of benzene rings is 1. The standard InChI is InChI=1S/C12H17FN4O3/c1-8(18)15-11-7-9(17(19)20)6-10(13)12(11)14-4-5-16(2)3/h6-7,14H,4-5H2,1-3H3,(H,15,18). The molecule has 20 heavy (non-hydrogen) atoms. The molecule has 0 aliphatic heterocycles. The van der Waals surface area contributed by atoms with Crippen LogP contribution in [0, 0.1) is 15.9 Å². The predicted molar refractivity (Wildman–Crippen MR) is 74.4 cm³/mol. The Morgan fingerprint density at radius 1 is 1.45 bits per heavy atom. The molecule has 7 nitrogen and oxygen atoms in total. The molecule has 0 bridgehead atoms. The van der Waals surface area contributed by atoms with Gasteiger partial charge in [-0.05, 0) is 14.1 Å². The molecule has 0 aliphatic carbocycles. The van der Waals surface area contributed by atoms with Crippen LogP contribution in [0.1, 0.15) is 6.92 Å². The third-order valence-electron chi connectivity index (χ3n) is 2.46. The summed E-state index contributed by atoms with van der Waals surface area (Å²) >= 11 is 0. The number of non-ortho nitro benzene ring substituents is 1. The van der Waals surface area contributed by atoms with Gasteiger partial charge in [0, 0.05) is 26.1 Å². The summed E-state index contributed by atoms with van der Waals surface area (Å²) in [5.41, 5.74) is -0.306. The molecule has 0 radical (unpaired) electrons. The lowest BCUT2D eigenvalue weighted by atomic mass is 10.2. The van der Waals surface area contributed by atoms with Gasteiger partial charge in [0.05, 0.1) is 22.4 Å². The minimum absolute atomic E-state index is 0.0488. The molecule has 0 aromatic heterocycles. The van der Waals surface area contributed by atoms with Gasteiger partial charge in [-0.15, -0.1) is 0 Å². The first kappa shape index (κ1) is 15.8. The van der Waals surface area contributed by atoms with E-state index in [1.54, 1.807) is 0 Å². The number of carbonyl (C=O) groups excluding carboxylic acids is 1. The van der Waals surface area contributed by atoms with Crippen molar-refractivity contribution >= 4 is 23.0 Å². The minimum Gasteiger partial charge on any atom is -0.380 e. The number of anilines is 2. The molecule has 1 rings (SSSR count). The highest BCUT2D eigenvalue weighted by Gasteiger charge is 2.17. The van der Waals surface area contributed by atoms with Crippen LogP contribution >= 0.6 is 0 Å². The maximum atomic E-state index is 13.9. The smallest absolute Gasteiger partial charge is 0.274 e. The molecule has 110 valence electrons. The van der Waals surface area contributed by atoms with Crippen molar-refractivity contribution in [1.29, 1.82) is 0 Å². The molecule has 0 unspecified atom stereocenters. The van der Waals surface area contributed by atoms with E-state index < -0.39 is 22.3 Å². The van der Waals surface area contributed by atoms with Crippen LogP contribution in [0.4, 0.5) is 21.5 Å². The lowest BCUT2D eigenvalue weighted by Crippen LogP contribution is -2.22. The molecule has 8 heteroatoms. The number of hydrogen-bond donors (Lipinski definition) is 2. The highest BCUT2D eigenvalue weighted by Crippen LogP contribution is 2.30. The van der Waals surface area contributed by atoms with Gasteiger partial charge in [0.2, 0.25) is 5.91 Å². The second-order valence-electron chi connectivity index (χ2n) is 4.52. The largest absolute Gasteiger partial charge is 0.380 e. The fourth-order valence-electron chi connectivity index (χ4n) is 1.57. The summed E-state index contributed by atoms with van der Waals surface area (Å²) in [7, 11) is 3.73. The van der Waals surface area contributed by atoms with Crippen molar-refractivity contribution in [2.45, 2.75) is 6.92 Å². The molecule has 0 atom stereocenters. The number of nitrogens with one attached hydrogen (secondary N) is 2. The SMILES string of the molecule is CC(=O)Nc1cc([N+](=O)[O-])cc(F)c1NCCN(C)C. The molecule has 0 spiro atoms. The van der Waals surface area contributed by atoms with E-state index in [9.17, 15) is 19.3 Å². The topological polar surface area (TPSA) is 87.5 Å². The monoisotopic (exact) mass is 284 g/mol. The fourth-order valence-corrected chi connectivity index (χ4v) is 1.57. The number of nitro benzene ring substituents is 1. The first-order valence-electron chi connectivity index (χ1n) is 5.95. The van der Waals surface area contributed by atoms with Crippen molar-refractivity contribution in [3.8, 4) is 0 Å². The lowest BCUT2D eigenvalue weighted by molar-refractivity contribution is -0.385. The summed E-state index contributed by atoms with van der Waals surface area (Å²) in [6.45, 7) is 2.34. The van der Waals surface area contributed by atoms with Crippen molar-refractivity contribution < 1.29 is 14.1 Å². The highest BCUT2D eigenvalue weighted by molar-refractivity contribution is 5.93. The Hall–Kier alpha value is -2.22. The van der Waals surface area contributed by atoms with Gasteiger partial charge in [0.15, 0.2) is 5.82 Å². The van der Waals surface area contributed by atoms with E-state index >= 15 is 0 Å². The van der Waals surface area contributed by atoms with Crippen LogP contribution in [0.3, 0.4) is 0 Å². The third kappa shape index (κ3) is 4.47.